The average Bonchev–Trinajstić information content (AvgIpc) is 2.34. The number of halogens is 1. The van der Waals surface area contributed by atoms with E-state index in [1.807, 2.05) is 47.5 Å². The summed E-state index contributed by atoms with van der Waals surface area (Å²) in [6.45, 7) is 0. The Morgan fingerprint density at radius 3 is 1.29 bits per heavy atom. The molecule has 9 heteroatoms. The van der Waals surface area contributed by atoms with Crippen LogP contribution in [0.3, 0.4) is 0 Å². The highest BCUT2D eigenvalue weighted by atomic mass is 79.9. The lowest BCUT2D eigenvalue weighted by Gasteiger charge is -1.93. The van der Waals surface area contributed by atoms with Gasteiger partial charge in [-0.05, 0) is 46.9 Å². The van der Waals surface area contributed by atoms with Gasteiger partial charge in [-0.2, -0.15) is 0 Å². The standard InChI is InChI=1S/2C4H5NS.BrH.H2O3S/c2*1-2-4-6-5-3-1;;1-4(2)3/h2*1-5H;1H;4H,(H,1,2,3). The molecule has 3 N–H and O–H groups in total. The van der Waals surface area contributed by atoms with Crippen molar-refractivity contribution in [2.75, 3.05) is 0 Å². The molecule has 2 aliphatic heterocycles. The number of thiol groups is 1. The van der Waals surface area contributed by atoms with E-state index >= 15 is 0 Å². The smallest absolute Gasteiger partial charge is 0.254 e. The van der Waals surface area contributed by atoms with Crippen molar-refractivity contribution < 1.29 is 13.0 Å². The fraction of sp³-hybridized carbons (Fsp3) is 0. The van der Waals surface area contributed by atoms with Gasteiger partial charge in [0.15, 0.2) is 0 Å². The number of nitrogens with one attached hydrogen (secondary N) is 2. The van der Waals surface area contributed by atoms with Crippen molar-refractivity contribution in [3.8, 4) is 0 Å². The summed E-state index contributed by atoms with van der Waals surface area (Å²) < 4.78 is 30.1. The zero-order valence-corrected chi connectivity index (χ0v) is 12.8. The predicted molar refractivity (Wildman–Crippen MR) is 81.3 cm³/mol. The molecule has 2 aliphatic rings. The lowest BCUT2D eigenvalue weighted by atomic mass is 10.6. The van der Waals surface area contributed by atoms with Crippen molar-refractivity contribution in [3.63, 3.8) is 0 Å². The minimum atomic E-state index is -3.12. The minimum absolute atomic E-state index is 0. The van der Waals surface area contributed by atoms with Crippen LogP contribution in [-0.4, -0.2) is 13.0 Å². The zero-order chi connectivity index (χ0) is 12.1. The second-order valence-electron chi connectivity index (χ2n) is 2.08. The largest absolute Gasteiger partial charge is 0.333 e. The molecule has 17 heavy (non-hydrogen) atoms. The van der Waals surface area contributed by atoms with E-state index in [0.29, 0.717) is 0 Å². The Bertz CT molecular complexity index is 298. The molecular weight excluding hydrogens is 348 g/mol. The van der Waals surface area contributed by atoms with Gasteiger partial charge in [0, 0.05) is 12.4 Å². The molecule has 2 heterocycles. The molecule has 0 amide bonds. The summed E-state index contributed by atoms with van der Waals surface area (Å²) in [5, 5.41) is 3.97. The summed E-state index contributed by atoms with van der Waals surface area (Å²) >= 11 is 3.16. The SMILES string of the molecule is Br.C1=CNSC=C1.C1=CNSC=C1.O=[SH](=O)O. The second-order valence-corrected chi connectivity index (χ2v) is 4.05. The maximum Gasteiger partial charge on any atom is 0.254 e. The van der Waals surface area contributed by atoms with Crippen LogP contribution in [0.2, 0.25) is 0 Å². The van der Waals surface area contributed by atoms with Gasteiger partial charge in [0.05, 0.1) is 0 Å². The summed E-state index contributed by atoms with van der Waals surface area (Å²) in [6.07, 6.45) is 11.7. The quantitative estimate of drug-likeness (QED) is 0.299. The fourth-order valence-corrected chi connectivity index (χ4v) is 1.33. The molecule has 0 aromatic heterocycles. The van der Waals surface area contributed by atoms with Crippen LogP contribution in [0, 0.1) is 0 Å². The molecule has 0 spiro atoms. The molecule has 0 atom stereocenters. The Kier molecular flexibility index (Phi) is 17.5. The van der Waals surface area contributed by atoms with Crippen LogP contribution in [-0.2, 0) is 11.0 Å². The lowest BCUT2D eigenvalue weighted by molar-refractivity contribution is 0.509. The highest BCUT2D eigenvalue weighted by Crippen LogP contribution is 1.99. The molecule has 0 unspecified atom stereocenters. The highest BCUT2D eigenvalue weighted by molar-refractivity contribution is 8.93. The number of hydrogen-bond donors (Lipinski definition) is 4. The van der Waals surface area contributed by atoms with E-state index in [-0.39, 0.29) is 17.0 Å². The molecule has 0 aliphatic carbocycles. The van der Waals surface area contributed by atoms with Gasteiger partial charge in [0.25, 0.3) is 11.0 Å². The van der Waals surface area contributed by atoms with E-state index in [2.05, 4.69) is 9.44 Å². The van der Waals surface area contributed by atoms with Crippen LogP contribution in [0.1, 0.15) is 0 Å². The first-order chi connectivity index (χ1) is 7.73. The van der Waals surface area contributed by atoms with Crippen molar-refractivity contribution in [1.82, 2.24) is 9.44 Å². The molecule has 0 saturated carbocycles. The van der Waals surface area contributed by atoms with Gasteiger partial charge in [-0.1, -0.05) is 12.2 Å². The number of hydrogen-bond acceptors (Lipinski definition) is 6. The topological polar surface area (TPSA) is 78.4 Å². The van der Waals surface area contributed by atoms with Crippen LogP contribution in [0.25, 0.3) is 0 Å². The van der Waals surface area contributed by atoms with Crippen LogP contribution >= 0.6 is 40.9 Å². The molecule has 98 valence electrons. The van der Waals surface area contributed by atoms with Gasteiger partial charge >= 0.3 is 0 Å². The van der Waals surface area contributed by atoms with Crippen LogP contribution in [0.5, 0.6) is 0 Å². The Hall–Kier alpha value is -0.350. The lowest BCUT2D eigenvalue weighted by Crippen LogP contribution is -1.88. The summed E-state index contributed by atoms with van der Waals surface area (Å²) in [6, 6.07) is 0. The minimum Gasteiger partial charge on any atom is -0.333 e. The molecule has 2 rings (SSSR count). The van der Waals surface area contributed by atoms with Crippen molar-refractivity contribution in [2.45, 2.75) is 0 Å². The van der Waals surface area contributed by atoms with E-state index in [1.54, 1.807) is 23.9 Å². The van der Waals surface area contributed by atoms with E-state index in [1.165, 1.54) is 0 Å². The first-order valence-electron chi connectivity index (χ1n) is 4.02. The number of rotatable bonds is 0. The second kappa shape index (κ2) is 15.6. The van der Waals surface area contributed by atoms with Gasteiger partial charge < -0.3 is 9.44 Å². The van der Waals surface area contributed by atoms with E-state index in [4.69, 9.17) is 13.0 Å². The third-order valence-electron chi connectivity index (χ3n) is 0.980. The van der Waals surface area contributed by atoms with E-state index < -0.39 is 11.0 Å². The van der Waals surface area contributed by atoms with Gasteiger partial charge in [-0.25, -0.2) is 8.42 Å². The van der Waals surface area contributed by atoms with E-state index in [0.717, 1.165) is 0 Å². The van der Waals surface area contributed by atoms with Gasteiger partial charge in [-0.3, -0.25) is 4.55 Å². The molecule has 0 bridgehead atoms. The van der Waals surface area contributed by atoms with Crippen molar-refractivity contribution in [2.24, 2.45) is 0 Å². The molecule has 0 aromatic rings. The molecular formula is C8H13BrN2O3S3. The van der Waals surface area contributed by atoms with Gasteiger partial charge in [0.1, 0.15) is 0 Å². The monoisotopic (exact) mass is 360 g/mol. The van der Waals surface area contributed by atoms with Crippen molar-refractivity contribution >= 4 is 51.9 Å². The Morgan fingerprint density at radius 1 is 0.882 bits per heavy atom. The maximum atomic E-state index is 8.59. The Balaban J connectivity index is 0. The molecule has 0 saturated heterocycles. The Morgan fingerprint density at radius 2 is 1.24 bits per heavy atom. The first-order valence-corrected chi connectivity index (χ1v) is 6.91. The van der Waals surface area contributed by atoms with Crippen LogP contribution in [0.4, 0.5) is 0 Å². The fourth-order valence-electron chi connectivity index (χ4n) is 0.516. The van der Waals surface area contributed by atoms with Gasteiger partial charge in [-0.15, -0.1) is 17.0 Å². The first kappa shape index (κ1) is 19.0. The number of allylic oxidation sites excluding steroid dienone is 4. The summed E-state index contributed by atoms with van der Waals surface area (Å²) in [5.41, 5.74) is 0. The van der Waals surface area contributed by atoms with Crippen LogP contribution < -0.4 is 9.44 Å². The van der Waals surface area contributed by atoms with E-state index in [9.17, 15) is 0 Å². The summed E-state index contributed by atoms with van der Waals surface area (Å²) in [5.74, 6) is 0. The van der Waals surface area contributed by atoms with Gasteiger partial charge in [0.2, 0.25) is 0 Å². The highest BCUT2D eigenvalue weighted by Gasteiger charge is 1.75. The molecule has 0 fully saturated rings. The maximum absolute atomic E-state index is 8.59. The van der Waals surface area contributed by atoms with Crippen molar-refractivity contribution in [1.29, 1.82) is 0 Å². The Labute approximate surface area is 121 Å². The predicted octanol–water partition coefficient (Wildman–Crippen LogP) is 2.18. The van der Waals surface area contributed by atoms with Crippen molar-refractivity contribution in [3.05, 3.63) is 47.5 Å². The molecule has 0 aromatic carbocycles. The molecule has 0 radical (unpaired) electrons. The zero-order valence-electron chi connectivity index (χ0n) is 8.55. The summed E-state index contributed by atoms with van der Waals surface area (Å²) in [7, 11) is -3.12. The normalized spacial score (nSPS) is 14.2. The van der Waals surface area contributed by atoms with Crippen LogP contribution in [0.15, 0.2) is 47.5 Å². The summed E-state index contributed by atoms with van der Waals surface area (Å²) in [4.78, 5) is 0. The third kappa shape index (κ3) is 21.5. The average molecular weight is 361 g/mol. The molecule has 5 nitrogen and oxygen atoms in total. The third-order valence-corrected chi connectivity index (χ3v) is 2.11.